The smallest absolute Gasteiger partial charge is 0.219 e. The summed E-state index contributed by atoms with van der Waals surface area (Å²) in [5.74, 6) is 1.40. The van der Waals surface area contributed by atoms with Crippen molar-refractivity contribution in [3.05, 3.63) is 78.2 Å². The Kier molecular flexibility index (Phi) is 5.99. The largest absolute Gasteiger partial charge is 0.439 e. The number of hydrogen-bond acceptors (Lipinski definition) is 4. The van der Waals surface area contributed by atoms with Gasteiger partial charge in [0.1, 0.15) is 5.75 Å². The van der Waals surface area contributed by atoms with Crippen molar-refractivity contribution < 1.29 is 4.74 Å². The molecule has 0 radical (unpaired) electrons. The van der Waals surface area contributed by atoms with E-state index in [2.05, 4.69) is 34.3 Å². The maximum Gasteiger partial charge on any atom is 0.219 e. The average molecular weight is 333 g/mol. The molecule has 0 unspecified atom stereocenters. The molecule has 0 aliphatic heterocycles. The number of rotatable bonds is 8. The van der Waals surface area contributed by atoms with Crippen molar-refractivity contribution in [2.45, 2.75) is 32.7 Å². The second kappa shape index (κ2) is 8.83. The van der Waals surface area contributed by atoms with Gasteiger partial charge >= 0.3 is 0 Å². The van der Waals surface area contributed by atoms with Crippen molar-refractivity contribution in [3.8, 4) is 11.6 Å². The summed E-state index contributed by atoms with van der Waals surface area (Å²) >= 11 is 0. The highest BCUT2D eigenvalue weighted by Crippen LogP contribution is 2.21. The number of aromatic nitrogens is 2. The Labute approximate surface area is 148 Å². The van der Waals surface area contributed by atoms with E-state index in [-0.39, 0.29) is 0 Å². The fourth-order valence-electron chi connectivity index (χ4n) is 2.48. The summed E-state index contributed by atoms with van der Waals surface area (Å²) in [6.45, 7) is 2.92. The van der Waals surface area contributed by atoms with E-state index in [9.17, 15) is 0 Å². The van der Waals surface area contributed by atoms with E-state index < -0.39 is 0 Å². The summed E-state index contributed by atoms with van der Waals surface area (Å²) in [6, 6.07) is 16.0. The van der Waals surface area contributed by atoms with E-state index in [0.29, 0.717) is 5.88 Å². The van der Waals surface area contributed by atoms with Crippen LogP contribution in [-0.2, 0) is 13.0 Å². The third-order valence-electron chi connectivity index (χ3n) is 3.92. The molecule has 2 aromatic heterocycles. The molecule has 1 aromatic carbocycles. The minimum absolute atomic E-state index is 0.591. The first-order valence-electron chi connectivity index (χ1n) is 8.69. The molecule has 0 saturated carbocycles. The molecule has 2 heterocycles. The molecule has 0 bridgehead atoms. The van der Waals surface area contributed by atoms with Crippen molar-refractivity contribution >= 4 is 5.69 Å². The van der Waals surface area contributed by atoms with Crippen LogP contribution in [-0.4, -0.2) is 9.97 Å². The maximum absolute atomic E-state index is 5.81. The third-order valence-corrected chi connectivity index (χ3v) is 3.92. The van der Waals surface area contributed by atoms with Crippen LogP contribution in [0.3, 0.4) is 0 Å². The van der Waals surface area contributed by atoms with Crippen LogP contribution in [0.2, 0.25) is 0 Å². The van der Waals surface area contributed by atoms with Crippen molar-refractivity contribution in [2.75, 3.05) is 5.32 Å². The summed E-state index contributed by atoms with van der Waals surface area (Å²) in [6.07, 6.45) is 8.95. The quantitative estimate of drug-likeness (QED) is 0.613. The first-order chi connectivity index (χ1) is 12.3. The van der Waals surface area contributed by atoms with Gasteiger partial charge in [0.05, 0.1) is 11.9 Å². The Morgan fingerprint density at radius 3 is 2.52 bits per heavy atom. The molecule has 0 saturated heterocycles. The normalized spacial score (nSPS) is 10.4. The molecule has 0 spiro atoms. The molecule has 4 heteroatoms. The lowest BCUT2D eigenvalue weighted by atomic mass is 10.1. The van der Waals surface area contributed by atoms with Crippen LogP contribution in [0.1, 0.15) is 30.9 Å². The first-order valence-corrected chi connectivity index (χ1v) is 8.69. The van der Waals surface area contributed by atoms with Gasteiger partial charge in [-0.15, -0.1) is 0 Å². The molecule has 128 valence electrons. The molecule has 4 nitrogen and oxygen atoms in total. The van der Waals surface area contributed by atoms with Crippen LogP contribution < -0.4 is 10.1 Å². The van der Waals surface area contributed by atoms with Crippen LogP contribution in [0.15, 0.2) is 67.1 Å². The number of unbranched alkanes of at least 4 members (excludes halogenated alkanes) is 1. The van der Waals surface area contributed by atoms with Crippen molar-refractivity contribution in [2.24, 2.45) is 0 Å². The second-order valence-corrected chi connectivity index (χ2v) is 5.95. The highest BCUT2D eigenvalue weighted by atomic mass is 16.5. The molecule has 25 heavy (non-hydrogen) atoms. The monoisotopic (exact) mass is 333 g/mol. The van der Waals surface area contributed by atoms with E-state index in [1.807, 2.05) is 42.6 Å². The molecule has 0 aliphatic rings. The van der Waals surface area contributed by atoms with Gasteiger partial charge < -0.3 is 10.1 Å². The molecule has 3 rings (SSSR count). The van der Waals surface area contributed by atoms with Gasteiger partial charge in [-0.3, -0.25) is 4.98 Å². The molecule has 0 atom stereocenters. The standard InChI is InChI=1S/C21H23N3O/c1-2-3-5-17-7-10-20(11-8-17)25-21-12-9-19(16-24-21)23-15-18-6-4-13-22-14-18/h4,6-14,16,23H,2-3,5,15H2,1H3. The zero-order valence-electron chi connectivity index (χ0n) is 14.5. The minimum atomic E-state index is 0.591. The minimum Gasteiger partial charge on any atom is -0.439 e. The summed E-state index contributed by atoms with van der Waals surface area (Å²) < 4.78 is 5.81. The van der Waals surface area contributed by atoms with Crippen molar-refractivity contribution in [1.82, 2.24) is 9.97 Å². The van der Waals surface area contributed by atoms with Gasteiger partial charge in [0.2, 0.25) is 5.88 Å². The maximum atomic E-state index is 5.81. The number of aryl methyl sites for hydroxylation is 1. The molecular formula is C21H23N3O. The molecule has 0 amide bonds. The SMILES string of the molecule is CCCCc1ccc(Oc2ccc(NCc3cccnc3)cn2)cc1. The van der Waals surface area contributed by atoms with Crippen LogP contribution in [0.5, 0.6) is 11.6 Å². The Balaban J connectivity index is 1.53. The number of nitrogens with one attached hydrogen (secondary N) is 1. The first kappa shape index (κ1) is 17.0. The lowest BCUT2D eigenvalue weighted by Gasteiger charge is -2.08. The Hall–Kier alpha value is -2.88. The number of nitrogens with zero attached hydrogens (tertiary/aromatic N) is 2. The highest BCUT2D eigenvalue weighted by Gasteiger charge is 2.01. The average Bonchev–Trinajstić information content (AvgIpc) is 2.68. The van der Waals surface area contributed by atoms with Gasteiger partial charge in [-0.05, 0) is 48.2 Å². The van der Waals surface area contributed by atoms with E-state index in [1.54, 1.807) is 12.4 Å². The number of benzene rings is 1. The highest BCUT2D eigenvalue weighted by molar-refractivity contribution is 5.43. The number of pyridine rings is 2. The summed E-state index contributed by atoms with van der Waals surface area (Å²) in [4.78, 5) is 8.46. The lowest BCUT2D eigenvalue weighted by Crippen LogP contribution is -2.00. The second-order valence-electron chi connectivity index (χ2n) is 5.95. The van der Waals surface area contributed by atoms with E-state index in [4.69, 9.17) is 4.74 Å². The molecule has 0 aliphatic carbocycles. The summed E-state index contributed by atoms with van der Waals surface area (Å²) in [5.41, 5.74) is 3.43. The predicted molar refractivity (Wildman–Crippen MR) is 101 cm³/mol. The van der Waals surface area contributed by atoms with Crippen LogP contribution >= 0.6 is 0 Å². The van der Waals surface area contributed by atoms with Crippen molar-refractivity contribution in [1.29, 1.82) is 0 Å². The van der Waals surface area contributed by atoms with E-state index in [1.165, 1.54) is 18.4 Å². The van der Waals surface area contributed by atoms with E-state index in [0.717, 1.165) is 30.0 Å². The third kappa shape index (κ3) is 5.31. The summed E-state index contributed by atoms with van der Waals surface area (Å²) in [7, 11) is 0. The van der Waals surface area contributed by atoms with Gasteiger partial charge in [-0.2, -0.15) is 0 Å². The van der Waals surface area contributed by atoms with Gasteiger partial charge in [0.25, 0.3) is 0 Å². The predicted octanol–water partition coefficient (Wildman–Crippen LogP) is 5.22. The number of ether oxygens (including phenoxy) is 1. The van der Waals surface area contributed by atoms with Crippen LogP contribution in [0.4, 0.5) is 5.69 Å². The Morgan fingerprint density at radius 1 is 0.960 bits per heavy atom. The molecule has 0 fully saturated rings. The zero-order chi connectivity index (χ0) is 17.3. The van der Waals surface area contributed by atoms with Gasteiger partial charge in [0, 0.05) is 25.0 Å². The van der Waals surface area contributed by atoms with Crippen LogP contribution in [0, 0.1) is 0 Å². The number of anilines is 1. The van der Waals surface area contributed by atoms with E-state index >= 15 is 0 Å². The fraction of sp³-hybridized carbons (Fsp3) is 0.238. The van der Waals surface area contributed by atoms with Crippen molar-refractivity contribution in [3.63, 3.8) is 0 Å². The molecule has 1 N–H and O–H groups in total. The molecule has 3 aromatic rings. The van der Waals surface area contributed by atoms with Gasteiger partial charge in [0.15, 0.2) is 0 Å². The Bertz CT molecular complexity index is 755. The number of hydrogen-bond donors (Lipinski definition) is 1. The Morgan fingerprint density at radius 2 is 1.84 bits per heavy atom. The zero-order valence-corrected chi connectivity index (χ0v) is 14.5. The lowest BCUT2D eigenvalue weighted by molar-refractivity contribution is 0.463. The topological polar surface area (TPSA) is 47.0 Å². The molecular weight excluding hydrogens is 310 g/mol. The van der Waals surface area contributed by atoms with Gasteiger partial charge in [-0.1, -0.05) is 31.5 Å². The van der Waals surface area contributed by atoms with Gasteiger partial charge in [-0.25, -0.2) is 4.98 Å². The summed E-state index contributed by atoms with van der Waals surface area (Å²) in [5, 5.41) is 3.32. The fourth-order valence-corrected chi connectivity index (χ4v) is 2.48. The van der Waals surface area contributed by atoms with Crippen LogP contribution in [0.25, 0.3) is 0 Å².